The highest BCUT2D eigenvalue weighted by molar-refractivity contribution is 7.89. The lowest BCUT2D eigenvalue weighted by Gasteiger charge is -2.54. The number of carbonyl (C=O) groups excluding carboxylic acids is 4. The summed E-state index contributed by atoms with van der Waals surface area (Å²) in [4.78, 5) is 59.8. The van der Waals surface area contributed by atoms with Gasteiger partial charge in [0.15, 0.2) is 0 Å². The van der Waals surface area contributed by atoms with Crippen molar-refractivity contribution in [2.45, 2.75) is 94.6 Å². The van der Waals surface area contributed by atoms with Gasteiger partial charge in [-0.1, -0.05) is 60.8 Å². The Morgan fingerprint density at radius 1 is 0.960 bits per heavy atom. The third-order valence-electron chi connectivity index (χ3n) is 9.48. The highest BCUT2D eigenvalue weighted by Gasteiger charge is 2.55. The number of carbonyl (C=O) groups is 4. The van der Waals surface area contributed by atoms with Gasteiger partial charge in [-0.05, 0) is 74.9 Å². The number of hydrogen-bond acceptors (Lipinski definition) is 7. The molecule has 0 saturated carbocycles. The molecule has 0 aromatic heterocycles. The van der Waals surface area contributed by atoms with Crippen LogP contribution in [0.3, 0.4) is 0 Å². The highest BCUT2D eigenvalue weighted by Crippen LogP contribution is 2.35. The van der Waals surface area contributed by atoms with Gasteiger partial charge in [0.1, 0.15) is 29.2 Å². The summed E-state index contributed by atoms with van der Waals surface area (Å²) in [7, 11) is -4.45. The third kappa shape index (κ3) is 7.78. The highest BCUT2D eigenvalue weighted by atomic mass is 35.5. The van der Waals surface area contributed by atoms with Crippen molar-refractivity contribution >= 4 is 68.5 Å². The smallest absolute Gasteiger partial charge is 0.248 e. The molecule has 2 aromatic rings. The minimum absolute atomic E-state index is 0.0658. The van der Waals surface area contributed by atoms with E-state index >= 15 is 0 Å². The first-order chi connectivity index (χ1) is 23.5. The van der Waals surface area contributed by atoms with E-state index in [0.717, 1.165) is 4.31 Å². The molecule has 50 heavy (non-hydrogen) atoms. The van der Waals surface area contributed by atoms with E-state index in [1.54, 1.807) is 29.2 Å². The molecular weight excluding hydrogens is 727 g/mol. The lowest BCUT2D eigenvalue weighted by atomic mass is 9.96. The Hall–Kier alpha value is -2.94. The number of nitrogens with zero attached hydrogens (tertiary/aromatic N) is 4. The minimum atomic E-state index is -4.45. The average molecular weight is 770 g/mol. The van der Waals surface area contributed by atoms with Crippen LogP contribution < -0.4 is 11.1 Å². The summed E-state index contributed by atoms with van der Waals surface area (Å²) in [6.07, 6.45) is 0.295. The third-order valence-corrected chi connectivity index (χ3v) is 12.3. The van der Waals surface area contributed by atoms with Gasteiger partial charge in [-0.25, -0.2) is 8.42 Å². The van der Waals surface area contributed by atoms with E-state index in [-0.39, 0.29) is 51.7 Å². The first kappa shape index (κ1) is 38.3. The Morgan fingerprint density at radius 3 is 2.24 bits per heavy atom. The second-order valence-electron chi connectivity index (χ2n) is 13.8. The zero-order valence-electron chi connectivity index (χ0n) is 28.4. The molecule has 2 aromatic carbocycles. The number of sulfonamides is 1. The van der Waals surface area contributed by atoms with Gasteiger partial charge in [0, 0.05) is 35.6 Å². The van der Waals surface area contributed by atoms with Crippen LogP contribution in [-0.2, 0) is 35.6 Å². The van der Waals surface area contributed by atoms with Crippen LogP contribution in [0.1, 0.15) is 52.5 Å². The van der Waals surface area contributed by atoms with E-state index in [9.17, 15) is 27.6 Å². The molecule has 3 heterocycles. The van der Waals surface area contributed by atoms with E-state index in [1.807, 2.05) is 27.7 Å². The molecule has 5 rings (SSSR count). The Morgan fingerprint density at radius 2 is 1.62 bits per heavy atom. The monoisotopic (exact) mass is 768 g/mol. The molecule has 4 amide bonds. The van der Waals surface area contributed by atoms with Crippen LogP contribution in [0, 0.1) is 5.92 Å². The van der Waals surface area contributed by atoms with Crippen molar-refractivity contribution in [3.05, 3.63) is 63.1 Å². The van der Waals surface area contributed by atoms with Crippen molar-refractivity contribution in [3.63, 3.8) is 0 Å². The number of fused-ring (bicyclic) bond motifs is 1. The average Bonchev–Trinajstić information content (AvgIpc) is 3.53. The number of rotatable bonds is 10. The van der Waals surface area contributed by atoms with Crippen molar-refractivity contribution in [2.75, 3.05) is 19.6 Å². The second-order valence-corrected chi connectivity index (χ2v) is 16.9. The van der Waals surface area contributed by atoms with Gasteiger partial charge in [0.2, 0.25) is 33.7 Å². The molecule has 3 saturated heterocycles. The van der Waals surface area contributed by atoms with Crippen molar-refractivity contribution < 1.29 is 27.6 Å². The molecule has 0 bridgehead atoms. The van der Waals surface area contributed by atoms with Crippen molar-refractivity contribution in [2.24, 2.45) is 11.7 Å². The number of amides is 4. The van der Waals surface area contributed by atoms with E-state index in [0.29, 0.717) is 36.4 Å². The standard InChI is InChI=1S/C34H43Cl3N6O6S/c1-19(2)14-25(38)32(45)40-13-5-6-27(40)31(44)39-26-17-42(50(48,49)29-12-11-23(36)16-24(29)37)30-18-41(20(3)4)34(47)28(43(30)33(26)46)15-21-7-9-22(35)10-8-21/h7-12,16,19-20,25-28,30H,5-6,13-15,17-18,38H2,1-4H3,(H,39,44). The van der Waals surface area contributed by atoms with Gasteiger partial charge >= 0.3 is 0 Å². The molecule has 3 aliphatic rings. The van der Waals surface area contributed by atoms with Crippen LogP contribution >= 0.6 is 34.8 Å². The zero-order chi connectivity index (χ0) is 36.7. The zero-order valence-corrected chi connectivity index (χ0v) is 31.5. The topological polar surface area (TPSA) is 153 Å². The van der Waals surface area contributed by atoms with Crippen molar-refractivity contribution in [1.82, 2.24) is 24.3 Å². The molecule has 3 fully saturated rings. The van der Waals surface area contributed by atoms with Gasteiger partial charge in [0.05, 0.1) is 17.6 Å². The Balaban J connectivity index is 1.54. The normalized spacial score (nSPS) is 23.8. The summed E-state index contributed by atoms with van der Waals surface area (Å²) in [6.45, 7) is 7.32. The molecule has 5 atom stereocenters. The molecule has 3 N–H and O–H groups in total. The van der Waals surface area contributed by atoms with Crippen LogP contribution in [0.25, 0.3) is 0 Å². The quantitative estimate of drug-likeness (QED) is 0.375. The van der Waals surface area contributed by atoms with Gasteiger partial charge in [-0.2, -0.15) is 4.31 Å². The molecule has 272 valence electrons. The first-order valence-corrected chi connectivity index (χ1v) is 19.3. The largest absolute Gasteiger partial charge is 0.341 e. The fourth-order valence-corrected chi connectivity index (χ4v) is 9.48. The van der Waals surface area contributed by atoms with Gasteiger partial charge in [-0.15, -0.1) is 0 Å². The summed E-state index contributed by atoms with van der Waals surface area (Å²) in [6, 6.07) is 6.32. The fourth-order valence-electron chi connectivity index (χ4n) is 7.03. The van der Waals surface area contributed by atoms with Crippen LogP contribution in [-0.4, -0.2) is 107 Å². The molecule has 16 heteroatoms. The molecule has 3 aliphatic heterocycles. The maximum Gasteiger partial charge on any atom is 0.248 e. The van der Waals surface area contributed by atoms with Crippen molar-refractivity contribution in [1.29, 1.82) is 0 Å². The number of nitrogens with one attached hydrogen (secondary N) is 1. The van der Waals surface area contributed by atoms with Crippen LogP contribution in [0.5, 0.6) is 0 Å². The number of benzene rings is 2. The Kier molecular flexibility index (Phi) is 11.8. The number of nitrogens with two attached hydrogens (primary N) is 1. The summed E-state index contributed by atoms with van der Waals surface area (Å²) in [5.41, 5.74) is 6.89. The minimum Gasteiger partial charge on any atom is -0.341 e. The van der Waals surface area contributed by atoms with Crippen LogP contribution in [0.4, 0.5) is 0 Å². The van der Waals surface area contributed by atoms with E-state index in [1.165, 1.54) is 28.0 Å². The van der Waals surface area contributed by atoms with E-state index in [4.69, 9.17) is 40.5 Å². The molecule has 12 nitrogen and oxygen atoms in total. The van der Waals surface area contributed by atoms with E-state index < -0.39 is 58.7 Å². The summed E-state index contributed by atoms with van der Waals surface area (Å²) in [5.74, 6) is -1.77. The van der Waals surface area contributed by atoms with Gasteiger partial charge < -0.3 is 25.8 Å². The summed E-state index contributed by atoms with van der Waals surface area (Å²) >= 11 is 18.7. The maximum absolute atomic E-state index is 14.5. The lowest BCUT2D eigenvalue weighted by molar-refractivity contribution is -0.169. The number of piperazine rings is 1. The Labute approximate surface area is 308 Å². The number of hydrogen-bond donors (Lipinski definition) is 2. The number of likely N-dealkylation sites (tertiary alicyclic amines) is 1. The van der Waals surface area contributed by atoms with Gasteiger partial charge in [0.25, 0.3) is 0 Å². The van der Waals surface area contributed by atoms with E-state index in [2.05, 4.69) is 5.32 Å². The maximum atomic E-state index is 14.5. The first-order valence-electron chi connectivity index (χ1n) is 16.7. The molecule has 0 aliphatic carbocycles. The molecule has 0 spiro atoms. The van der Waals surface area contributed by atoms with Crippen LogP contribution in [0.2, 0.25) is 15.1 Å². The molecular formula is C34H43Cl3N6O6S. The molecule has 5 unspecified atom stereocenters. The molecule has 0 radical (unpaired) electrons. The lowest BCUT2D eigenvalue weighted by Crippen LogP contribution is -2.76. The summed E-state index contributed by atoms with van der Waals surface area (Å²) in [5, 5.41) is 3.36. The predicted octanol–water partition coefficient (Wildman–Crippen LogP) is 3.52. The number of halogens is 3. The summed E-state index contributed by atoms with van der Waals surface area (Å²) < 4.78 is 30.1. The van der Waals surface area contributed by atoms with Crippen LogP contribution in [0.15, 0.2) is 47.4 Å². The SMILES string of the molecule is CC(C)CC(N)C(=O)N1CCCC1C(=O)NC1CN(S(=O)(=O)c2ccc(Cl)cc2Cl)C2CN(C(C)C)C(=O)C(Cc3ccc(Cl)cc3)N2C1=O. The van der Waals surface area contributed by atoms with Crippen molar-refractivity contribution in [3.8, 4) is 0 Å². The Bertz CT molecular complexity index is 1740. The second kappa shape index (κ2) is 15.3. The van der Waals surface area contributed by atoms with Gasteiger partial charge in [-0.3, -0.25) is 19.2 Å². The fraction of sp³-hybridized carbons (Fsp3) is 0.529. The predicted molar refractivity (Wildman–Crippen MR) is 191 cm³/mol.